The summed E-state index contributed by atoms with van der Waals surface area (Å²) in [5.74, 6) is -0.561. The van der Waals surface area contributed by atoms with Gasteiger partial charge in [0.1, 0.15) is 0 Å². The van der Waals surface area contributed by atoms with Crippen molar-refractivity contribution in [3.63, 3.8) is 0 Å². The van der Waals surface area contributed by atoms with E-state index in [-0.39, 0.29) is 6.42 Å². The molecule has 0 saturated carbocycles. The van der Waals surface area contributed by atoms with E-state index in [1.54, 1.807) is 18.2 Å². The number of nitrogens with two attached hydrogens (primary N) is 1. The van der Waals surface area contributed by atoms with E-state index < -0.39 is 23.9 Å². The van der Waals surface area contributed by atoms with Gasteiger partial charge in [0, 0.05) is 11.3 Å². The highest BCUT2D eigenvalue weighted by Gasteiger charge is 2.19. The van der Waals surface area contributed by atoms with Gasteiger partial charge < -0.3 is 25.3 Å². The molecule has 2 aromatic carbocycles. The monoisotopic (exact) mass is 386 g/mol. The number of nitrogens with one attached hydrogen (secondary N) is 1. The number of ether oxygens (including phenoxy) is 3. The largest absolute Gasteiger partial charge is 0.493 e. The number of methoxy groups -OCH3 is 2. The second-order valence-corrected chi connectivity index (χ2v) is 5.93. The molecule has 28 heavy (non-hydrogen) atoms. The molecule has 0 aliphatic heterocycles. The smallest absolute Gasteiger partial charge is 0.311 e. The molecule has 1 atom stereocenters. The minimum absolute atomic E-state index is 0.0225. The van der Waals surface area contributed by atoms with Crippen LogP contribution < -0.4 is 20.5 Å². The van der Waals surface area contributed by atoms with E-state index in [0.717, 1.165) is 0 Å². The minimum atomic E-state index is -0.997. The summed E-state index contributed by atoms with van der Waals surface area (Å²) in [6.45, 7) is 1.47. The summed E-state index contributed by atoms with van der Waals surface area (Å²) in [6, 6.07) is 11.1. The van der Waals surface area contributed by atoms with Gasteiger partial charge in [-0.3, -0.25) is 14.4 Å². The normalized spacial score (nSPS) is 11.2. The Labute approximate surface area is 162 Å². The SMILES string of the molecule is COc1ccc(CC(=O)OC(C)C(=O)Nc2ccc(C(N)=O)cc2)cc1OC. The van der Waals surface area contributed by atoms with Crippen LogP contribution >= 0.6 is 0 Å². The average Bonchev–Trinajstić information content (AvgIpc) is 2.68. The molecule has 0 radical (unpaired) electrons. The third kappa shape index (κ3) is 5.47. The Balaban J connectivity index is 1.92. The van der Waals surface area contributed by atoms with Crippen LogP contribution in [0.15, 0.2) is 42.5 Å². The molecule has 1 unspecified atom stereocenters. The van der Waals surface area contributed by atoms with Crippen LogP contribution in [0.2, 0.25) is 0 Å². The van der Waals surface area contributed by atoms with Gasteiger partial charge in [0.2, 0.25) is 5.91 Å². The van der Waals surface area contributed by atoms with E-state index in [1.807, 2.05) is 0 Å². The molecule has 2 aromatic rings. The second-order valence-electron chi connectivity index (χ2n) is 5.93. The quantitative estimate of drug-likeness (QED) is 0.670. The van der Waals surface area contributed by atoms with Crippen molar-refractivity contribution in [2.75, 3.05) is 19.5 Å². The van der Waals surface area contributed by atoms with Gasteiger partial charge in [0.25, 0.3) is 5.91 Å². The molecule has 148 valence electrons. The Morgan fingerprint density at radius 1 is 1.00 bits per heavy atom. The third-order valence-corrected chi connectivity index (χ3v) is 3.91. The number of esters is 1. The molecule has 0 saturated heterocycles. The maximum atomic E-state index is 12.2. The molecule has 0 aliphatic carbocycles. The first kappa shape index (κ1) is 20.8. The van der Waals surface area contributed by atoms with E-state index in [1.165, 1.54) is 45.4 Å². The average molecular weight is 386 g/mol. The number of hydrogen-bond acceptors (Lipinski definition) is 6. The van der Waals surface area contributed by atoms with Crippen LogP contribution in [0.5, 0.6) is 11.5 Å². The number of hydrogen-bond donors (Lipinski definition) is 2. The maximum Gasteiger partial charge on any atom is 0.311 e. The Morgan fingerprint density at radius 2 is 1.64 bits per heavy atom. The third-order valence-electron chi connectivity index (χ3n) is 3.91. The van der Waals surface area contributed by atoms with Gasteiger partial charge >= 0.3 is 5.97 Å². The number of primary amides is 1. The van der Waals surface area contributed by atoms with Gasteiger partial charge in [-0.1, -0.05) is 6.07 Å². The number of benzene rings is 2. The van der Waals surface area contributed by atoms with Crippen molar-refractivity contribution in [1.29, 1.82) is 0 Å². The van der Waals surface area contributed by atoms with Crippen LogP contribution in [0.25, 0.3) is 0 Å². The second kappa shape index (κ2) is 9.40. The van der Waals surface area contributed by atoms with Gasteiger partial charge in [-0.2, -0.15) is 0 Å². The Morgan fingerprint density at radius 3 is 2.21 bits per heavy atom. The fraction of sp³-hybridized carbons (Fsp3) is 0.250. The van der Waals surface area contributed by atoms with E-state index in [9.17, 15) is 14.4 Å². The van der Waals surface area contributed by atoms with Gasteiger partial charge in [0.15, 0.2) is 17.6 Å². The predicted molar refractivity (Wildman–Crippen MR) is 102 cm³/mol. The molecular weight excluding hydrogens is 364 g/mol. The highest BCUT2D eigenvalue weighted by Crippen LogP contribution is 2.27. The first-order valence-electron chi connectivity index (χ1n) is 8.45. The van der Waals surface area contributed by atoms with E-state index in [4.69, 9.17) is 19.9 Å². The topological polar surface area (TPSA) is 117 Å². The molecule has 2 rings (SSSR count). The fourth-order valence-electron chi connectivity index (χ4n) is 2.41. The zero-order valence-corrected chi connectivity index (χ0v) is 15.9. The molecule has 0 aromatic heterocycles. The minimum Gasteiger partial charge on any atom is -0.493 e. The lowest BCUT2D eigenvalue weighted by Crippen LogP contribution is -2.30. The summed E-state index contributed by atoms with van der Waals surface area (Å²) in [4.78, 5) is 35.4. The molecular formula is C20H22N2O6. The van der Waals surface area contributed by atoms with E-state index in [2.05, 4.69) is 5.32 Å². The predicted octanol–water partition coefficient (Wildman–Crippen LogP) is 1.92. The van der Waals surface area contributed by atoms with Gasteiger partial charge in [-0.15, -0.1) is 0 Å². The van der Waals surface area contributed by atoms with Crippen molar-refractivity contribution in [3.05, 3.63) is 53.6 Å². The van der Waals surface area contributed by atoms with Gasteiger partial charge in [0.05, 0.1) is 20.6 Å². The van der Waals surface area contributed by atoms with Crippen molar-refractivity contribution < 1.29 is 28.6 Å². The lowest BCUT2D eigenvalue weighted by molar-refractivity contribution is -0.152. The number of carbonyl (C=O) groups is 3. The molecule has 0 aliphatic rings. The fourth-order valence-corrected chi connectivity index (χ4v) is 2.41. The zero-order valence-electron chi connectivity index (χ0n) is 15.9. The zero-order chi connectivity index (χ0) is 20.7. The van der Waals surface area contributed by atoms with Crippen LogP contribution in [-0.4, -0.2) is 38.1 Å². The molecule has 3 N–H and O–H groups in total. The summed E-state index contributed by atoms with van der Waals surface area (Å²) < 4.78 is 15.5. The van der Waals surface area contributed by atoms with Crippen LogP contribution in [0, 0.1) is 0 Å². The summed E-state index contributed by atoms with van der Waals surface area (Å²) in [5.41, 5.74) is 6.61. The van der Waals surface area contributed by atoms with Crippen LogP contribution in [0.3, 0.4) is 0 Å². The molecule has 2 amide bonds. The molecule has 0 spiro atoms. The summed E-state index contributed by atoms with van der Waals surface area (Å²) in [7, 11) is 3.02. The highest BCUT2D eigenvalue weighted by atomic mass is 16.5. The summed E-state index contributed by atoms with van der Waals surface area (Å²) in [5, 5.41) is 2.61. The molecule has 0 fully saturated rings. The molecule has 8 nitrogen and oxygen atoms in total. The Hall–Kier alpha value is -3.55. The Kier molecular flexibility index (Phi) is 6.97. The highest BCUT2D eigenvalue weighted by molar-refractivity contribution is 5.96. The standard InChI is InChI=1S/C20H22N2O6/c1-12(20(25)22-15-7-5-14(6-8-15)19(21)24)28-18(23)11-13-4-9-16(26-2)17(10-13)27-3/h4-10,12H,11H2,1-3H3,(H2,21,24)(H,22,25). The van der Waals surface area contributed by atoms with Crippen LogP contribution in [0.1, 0.15) is 22.8 Å². The number of amides is 2. The molecule has 8 heteroatoms. The van der Waals surface area contributed by atoms with Crippen molar-refractivity contribution in [2.24, 2.45) is 5.73 Å². The first-order chi connectivity index (χ1) is 13.3. The lowest BCUT2D eigenvalue weighted by Gasteiger charge is -2.14. The van der Waals surface area contributed by atoms with E-state index >= 15 is 0 Å². The number of anilines is 1. The van der Waals surface area contributed by atoms with Crippen molar-refractivity contribution >= 4 is 23.5 Å². The molecule has 0 heterocycles. The van der Waals surface area contributed by atoms with Crippen molar-refractivity contribution in [3.8, 4) is 11.5 Å². The Bertz CT molecular complexity index is 863. The molecule has 0 bridgehead atoms. The summed E-state index contributed by atoms with van der Waals surface area (Å²) >= 11 is 0. The van der Waals surface area contributed by atoms with Crippen molar-refractivity contribution in [2.45, 2.75) is 19.4 Å². The number of carbonyl (C=O) groups excluding carboxylic acids is 3. The van der Waals surface area contributed by atoms with Crippen LogP contribution in [-0.2, 0) is 20.7 Å². The summed E-state index contributed by atoms with van der Waals surface area (Å²) in [6.07, 6.45) is -1.02. The number of rotatable bonds is 8. The van der Waals surface area contributed by atoms with Gasteiger partial charge in [-0.25, -0.2) is 0 Å². The lowest BCUT2D eigenvalue weighted by atomic mass is 10.1. The van der Waals surface area contributed by atoms with Crippen molar-refractivity contribution in [1.82, 2.24) is 0 Å². The van der Waals surface area contributed by atoms with E-state index in [0.29, 0.717) is 28.3 Å². The van der Waals surface area contributed by atoms with Gasteiger partial charge in [-0.05, 0) is 48.9 Å². The van der Waals surface area contributed by atoms with Crippen LogP contribution in [0.4, 0.5) is 5.69 Å². The maximum absolute atomic E-state index is 12.2. The first-order valence-corrected chi connectivity index (χ1v) is 8.45.